The van der Waals surface area contributed by atoms with Crippen LogP contribution >= 0.6 is 0 Å². The summed E-state index contributed by atoms with van der Waals surface area (Å²) in [4.78, 5) is 4.21. The fourth-order valence-corrected chi connectivity index (χ4v) is 1.85. The summed E-state index contributed by atoms with van der Waals surface area (Å²) in [5.41, 5.74) is 2.40. The molecular formula is C16H20N2O. The third-order valence-corrected chi connectivity index (χ3v) is 2.89. The molecule has 0 unspecified atom stereocenters. The Hall–Kier alpha value is -1.87. The minimum atomic E-state index is 0.781. The normalized spacial score (nSPS) is 10.4. The summed E-state index contributed by atoms with van der Waals surface area (Å²) in [5, 5.41) is 3.28. The summed E-state index contributed by atoms with van der Waals surface area (Å²) in [5.74, 6) is 1.64. The molecular weight excluding hydrogens is 236 g/mol. The van der Waals surface area contributed by atoms with E-state index in [-0.39, 0.29) is 0 Å². The van der Waals surface area contributed by atoms with Crippen LogP contribution in [-0.4, -0.2) is 11.5 Å². The minimum absolute atomic E-state index is 0.781. The molecule has 0 aliphatic carbocycles. The lowest BCUT2D eigenvalue weighted by molar-refractivity contribution is 0.478. The zero-order valence-electron chi connectivity index (χ0n) is 11.5. The lowest BCUT2D eigenvalue weighted by atomic mass is 10.2. The van der Waals surface area contributed by atoms with Crippen molar-refractivity contribution in [1.29, 1.82) is 0 Å². The summed E-state index contributed by atoms with van der Waals surface area (Å²) in [6.45, 7) is 5.99. The first kappa shape index (κ1) is 13.6. The Morgan fingerprint density at radius 3 is 2.68 bits per heavy atom. The number of aryl methyl sites for hydroxylation is 1. The molecule has 0 saturated carbocycles. The second-order valence-electron chi connectivity index (χ2n) is 4.41. The van der Waals surface area contributed by atoms with Gasteiger partial charge in [-0.3, -0.25) is 4.98 Å². The smallest absolute Gasteiger partial charge is 0.146 e. The number of nitrogens with zero attached hydrogens (tertiary/aromatic N) is 1. The van der Waals surface area contributed by atoms with Gasteiger partial charge in [-0.15, -0.1) is 0 Å². The molecule has 0 radical (unpaired) electrons. The highest BCUT2D eigenvalue weighted by atomic mass is 16.5. The minimum Gasteiger partial charge on any atom is -0.456 e. The summed E-state index contributed by atoms with van der Waals surface area (Å²) in [6, 6.07) is 10.2. The molecule has 1 aromatic carbocycles. The van der Waals surface area contributed by atoms with Crippen molar-refractivity contribution in [3.8, 4) is 11.5 Å². The molecule has 100 valence electrons. The van der Waals surface area contributed by atoms with Crippen LogP contribution in [0.25, 0.3) is 0 Å². The predicted octanol–water partition coefficient (Wildman–Crippen LogP) is 3.55. The van der Waals surface area contributed by atoms with Crippen LogP contribution < -0.4 is 10.1 Å². The van der Waals surface area contributed by atoms with E-state index in [1.807, 2.05) is 24.4 Å². The number of pyridine rings is 1. The predicted molar refractivity (Wildman–Crippen MR) is 77.5 cm³/mol. The van der Waals surface area contributed by atoms with Crippen molar-refractivity contribution in [2.24, 2.45) is 0 Å². The maximum Gasteiger partial charge on any atom is 0.146 e. The van der Waals surface area contributed by atoms with Gasteiger partial charge in [0, 0.05) is 12.7 Å². The van der Waals surface area contributed by atoms with Gasteiger partial charge in [0.2, 0.25) is 0 Å². The Morgan fingerprint density at radius 1 is 1.05 bits per heavy atom. The fraction of sp³-hybridized carbons (Fsp3) is 0.312. The molecule has 0 atom stereocenters. The van der Waals surface area contributed by atoms with E-state index in [2.05, 4.69) is 36.3 Å². The first-order valence-electron chi connectivity index (χ1n) is 6.73. The molecule has 19 heavy (non-hydrogen) atoms. The van der Waals surface area contributed by atoms with Gasteiger partial charge in [0.05, 0.1) is 6.20 Å². The standard InChI is InChI=1S/C16H20N2O/c1-3-13-6-5-7-15(8-13)19-16-9-14(10-17-4-2)11-18-12-16/h5-9,11-12,17H,3-4,10H2,1-2H3. The average molecular weight is 256 g/mol. The molecule has 0 aliphatic rings. The van der Waals surface area contributed by atoms with Gasteiger partial charge in [-0.25, -0.2) is 0 Å². The second-order valence-corrected chi connectivity index (χ2v) is 4.41. The Bertz CT molecular complexity index is 526. The van der Waals surface area contributed by atoms with Gasteiger partial charge < -0.3 is 10.1 Å². The first-order valence-corrected chi connectivity index (χ1v) is 6.73. The van der Waals surface area contributed by atoms with E-state index >= 15 is 0 Å². The average Bonchev–Trinajstić information content (AvgIpc) is 2.46. The van der Waals surface area contributed by atoms with Crippen molar-refractivity contribution < 1.29 is 4.74 Å². The number of aromatic nitrogens is 1. The van der Waals surface area contributed by atoms with Crippen LogP contribution in [0.2, 0.25) is 0 Å². The lowest BCUT2D eigenvalue weighted by Gasteiger charge is -2.08. The molecule has 0 fully saturated rings. The van der Waals surface area contributed by atoms with Crippen LogP contribution in [0.1, 0.15) is 25.0 Å². The second kappa shape index (κ2) is 6.90. The summed E-state index contributed by atoms with van der Waals surface area (Å²) in [6.07, 6.45) is 4.61. The zero-order valence-corrected chi connectivity index (χ0v) is 11.5. The highest BCUT2D eigenvalue weighted by molar-refractivity contribution is 5.34. The van der Waals surface area contributed by atoms with Crippen molar-refractivity contribution in [3.63, 3.8) is 0 Å². The summed E-state index contributed by atoms with van der Waals surface area (Å²) < 4.78 is 5.85. The molecule has 0 spiro atoms. The van der Waals surface area contributed by atoms with Crippen molar-refractivity contribution in [3.05, 3.63) is 53.9 Å². The molecule has 0 saturated heterocycles. The molecule has 0 aliphatic heterocycles. The molecule has 0 bridgehead atoms. The van der Waals surface area contributed by atoms with E-state index in [0.717, 1.165) is 36.6 Å². The summed E-state index contributed by atoms with van der Waals surface area (Å²) >= 11 is 0. The van der Waals surface area contributed by atoms with Gasteiger partial charge in [0.15, 0.2) is 0 Å². The molecule has 3 nitrogen and oxygen atoms in total. The van der Waals surface area contributed by atoms with Crippen LogP contribution in [0.5, 0.6) is 11.5 Å². The monoisotopic (exact) mass is 256 g/mol. The van der Waals surface area contributed by atoms with Crippen LogP contribution in [0.3, 0.4) is 0 Å². The van der Waals surface area contributed by atoms with E-state index < -0.39 is 0 Å². The Kier molecular flexibility index (Phi) is 4.93. The third kappa shape index (κ3) is 4.07. The van der Waals surface area contributed by atoms with Gasteiger partial charge in [0.25, 0.3) is 0 Å². The maximum atomic E-state index is 5.85. The zero-order chi connectivity index (χ0) is 13.5. The Labute approximate surface area is 114 Å². The number of benzene rings is 1. The lowest BCUT2D eigenvalue weighted by Crippen LogP contribution is -2.11. The van der Waals surface area contributed by atoms with Crippen LogP contribution in [0, 0.1) is 0 Å². The quantitative estimate of drug-likeness (QED) is 0.858. The molecule has 1 heterocycles. The SMILES string of the molecule is CCNCc1cncc(Oc2cccc(CC)c2)c1. The largest absolute Gasteiger partial charge is 0.456 e. The number of ether oxygens (including phenoxy) is 1. The van der Waals surface area contributed by atoms with Gasteiger partial charge in [-0.1, -0.05) is 26.0 Å². The van der Waals surface area contributed by atoms with Crippen LogP contribution in [-0.2, 0) is 13.0 Å². The Morgan fingerprint density at radius 2 is 1.89 bits per heavy atom. The van der Waals surface area contributed by atoms with E-state index in [0.29, 0.717) is 0 Å². The van der Waals surface area contributed by atoms with Crippen molar-refractivity contribution in [1.82, 2.24) is 10.3 Å². The molecule has 0 amide bonds. The highest BCUT2D eigenvalue weighted by Crippen LogP contribution is 2.22. The van der Waals surface area contributed by atoms with E-state index in [9.17, 15) is 0 Å². The molecule has 2 rings (SSSR count). The van der Waals surface area contributed by atoms with Crippen molar-refractivity contribution >= 4 is 0 Å². The molecule has 1 aromatic heterocycles. The Balaban J connectivity index is 2.09. The van der Waals surface area contributed by atoms with E-state index in [4.69, 9.17) is 4.74 Å². The number of nitrogens with one attached hydrogen (secondary N) is 1. The summed E-state index contributed by atoms with van der Waals surface area (Å²) in [7, 11) is 0. The van der Waals surface area contributed by atoms with E-state index in [1.54, 1.807) is 6.20 Å². The van der Waals surface area contributed by atoms with E-state index in [1.165, 1.54) is 5.56 Å². The number of rotatable bonds is 6. The fourth-order valence-electron chi connectivity index (χ4n) is 1.85. The van der Waals surface area contributed by atoms with Gasteiger partial charge in [-0.2, -0.15) is 0 Å². The maximum absolute atomic E-state index is 5.85. The molecule has 1 N–H and O–H groups in total. The van der Waals surface area contributed by atoms with Gasteiger partial charge >= 0.3 is 0 Å². The van der Waals surface area contributed by atoms with Crippen LogP contribution in [0.4, 0.5) is 0 Å². The molecule has 2 aromatic rings. The van der Waals surface area contributed by atoms with Gasteiger partial charge in [-0.05, 0) is 42.3 Å². The van der Waals surface area contributed by atoms with Crippen molar-refractivity contribution in [2.75, 3.05) is 6.54 Å². The third-order valence-electron chi connectivity index (χ3n) is 2.89. The number of hydrogen-bond donors (Lipinski definition) is 1. The first-order chi connectivity index (χ1) is 9.31. The van der Waals surface area contributed by atoms with Crippen LogP contribution in [0.15, 0.2) is 42.7 Å². The highest BCUT2D eigenvalue weighted by Gasteiger charge is 2.00. The number of hydrogen-bond acceptors (Lipinski definition) is 3. The molecule has 3 heteroatoms. The van der Waals surface area contributed by atoms with Crippen molar-refractivity contribution in [2.45, 2.75) is 26.8 Å². The topological polar surface area (TPSA) is 34.2 Å². The van der Waals surface area contributed by atoms with Gasteiger partial charge in [0.1, 0.15) is 11.5 Å².